The summed E-state index contributed by atoms with van der Waals surface area (Å²) in [6.45, 7) is 8.22. The van der Waals surface area contributed by atoms with Crippen LogP contribution < -0.4 is 5.32 Å². The second-order valence-electron chi connectivity index (χ2n) is 4.94. The van der Waals surface area contributed by atoms with E-state index in [9.17, 15) is 9.59 Å². The first-order chi connectivity index (χ1) is 8.08. The second-order valence-corrected chi connectivity index (χ2v) is 4.94. The number of nitrogens with one attached hydrogen (secondary N) is 1. The van der Waals surface area contributed by atoms with Crippen LogP contribution in [0.5, 0.6) is 0 Å². The number of amides is 2. The molecule has 1 N–H and O–H groups in total. The quantitative estimate of drug-likeness (QED) is 0.790. The SMILES string of the molecule is CCC(=O)NCC(CC)C(=O)N1CCC(C)C1. The molecule has 1 fully saturated rings. The summed E-state index contributed by atoms with van der Waals surface area (Å²) in [5.41, 5.74) is 0. The average Bonchev–Trinajstić information content (AvgIpc) is 2.76. The van der Waals surface area contributed by atoms with E-state index in [1.807, 2.05) is 18.7 Å². The third-order valence-corrected chi connectivity index (χ3v) is 3.44. The van der Waals surface area contributed by atoms with Crippen LogP contribution in [0.15, 0.2) is 0 Å². The van der Waals surface area contributed by atoms with Crippen LogP contribution in [0.1, 0.15) is 40.0 Å². The molecule has 0 radical (unpaired) electrons. The normalized spacial score (nSPS) is 21.4. The molecule has 1 heterocycles. The minimum Gasteiger partial charge on any atom is -0.355 e. The van der Waals surface area contributed by atoms with Crippen LogP contribution in [-0.4, -0.2) is 36.3 Å². The number of carbonyl (C=O) groups is 2. The highest BCUT2D eigenvalue weighted by atomic mass is 16.2. The Labute approximate surface area is 104 Å². The van der Waals surface area contributed by atoms with Gasteiger partial charge in [-0.15, -0.1) is 0 Å². The molecule has 0 saturated carbocycles. The fourth-order valence-corrected chi connectivity index (χ4v) is 2.16. The van der Waals surface area contributed by atoms with Gasteiger partial charge in [0.25, 0.3) is 0 Å². The van der Waals surface area contributed by atoms with Crippen molar-refractivity contribution in [2.24, 2.45) is 11.8 Å². The molecule has 98 valence electrons. The summed E-state index contributed by atoms with van der Waals surface area (Å²) in [5.74, 6) is 0.775. The molecule has 2 atom stereocenters. The van der Waals surface area contributed by atoms with Crippen LogP contribution in [0.4, 0.5) is 0 Å². The molecular weight excluding hydrogens is 216 g/mol. The molecule has 1 aliphatic rings. The van der Waals surface area contributed by atoms with Gasteiger partial charge in [0.2, 0.25) is 11.8 Å². The molecule has 1 aliphatic heterocycles. The Morgan fingerprint density at radius 3 is 2.59 bits per heavy atom. The molecule has 0 aromatic heterocycles. The first kappa shape index (κ1) is 14.0. The van der Waals surface area contributed by atoms with Crippen molar-refractivity contribution in [3.63, 3.8) is 0 Å². The van der Waals surface area contributed by atoms with Crippen molar-refractivity contribution in [3.05, 3.63) is 0 Å². The molecule has 4 heteroatoms. The van der Waals surface area contributed by atoms with Gasteiger partial charge in [-0.05, 0) is 18.8 Å². The molecule has 0 aromatic carbocycles. The Morgan fingerprint density at radius 1 is 1.41 bits per heavy atom. The van der Waals surface area contributed by atoms with Gasteiger partial charge >= 0.3 is 0 Å². The number of hydrogen-bond donors (Lipinski definition) is 1. The number of rotatable bonds is 5. The number of hydrogen-bond acceptors (Lipinski definition) is 2. The summed E-state index contributed by atoms with van der Waals surface area (Å²) in [6.07, 6.45) is 2.36. The van der Waals surface area contributed by atoms with E-state index >= 15 is 0 Å². The standard InChI is InChI=1S/C13H24N2O2/c1-4-11(8-14-12(16)5-2)13(17)15-7-6-10(3)9-15/h10-11H,4-9H2,1-3H3,(H,14,16). The third kappa shape index (κ3) is 4.02. The van der Waals surface area contributed by atoms with Crippen molar-refractivity contribution >= 4 is 11.8 Å². The van der Waals surface area contributed by atoms with Crippen LogP contribution in [0.3, 0.4) is 0 Å². The van der Waals surface area contributed by atoms with E-state index in [2.05, 4.69) is 12.2 Å². The van der Waals surface area contributed by atoms with Gasteiger partial charge in [-0.25, -0.2) is 0 Å². The van der Waals surface area contributed by atoms with Gasteiger partial charge in [-0.1, -0.05) is 20.8 Å². The van der Waals surface area contributed by atoms with E-state index in [1.165, 1.54) is 0 Å². The molecule has 0 bridgehead atoms. The highest BCUT2D eigenvalue weighted by Gasteiger charge is 2.28. The van der Waals surface area contributed by atoms with E-state index in [1.54, 1.807) is 0 Å². The van der Waals surface area contributed by atoms with Crippen molar-refractivity contribution in [2.75, 3.05) is 19.6 Å². The Hall–Kier alpha value is -1.06. The largest absolute Gasteiger partial charge is 0.355 e. The summed E-state index contributed by atoms with van der Waals surface area (Å²) in [7, 11) is 0. The lowest BCUT2D eigenvalue weighted by Gasteiger charge is -2.22. The molecule has 17 heavy (non-hydrogen) atoms. The molecule has 0 aromatic rings. The molecule has 2 unspecified atom stereocenters. The fraction of sp³-hybridized carbons (Fsp3) is 0.846. The van der Waals surface area contributed by atoms with Gasteiger partial charge in [0.15, 0.2) is 0 Å². The monoisotopic (exact) mass is 240 g/mol. The number of nitrogens with zero attached hydrogens (tertiary/aromatic N) is 1. The van der Waals surface area contributed by atoms with E-state index in [4.69, 9.17) is 0 Å². The fourth-order valence-electron chi connectivity index (χ4n) is 2.16. The van der Waals surface area contributed by atoms with Gasteiger partial charge in [-0.2, -0.15) is 0 Å². The second kappa shape index (κ2) is 6.62. The van der Waals surface area contributed by atoms with E-state index in [-0.39, 0.29) is 17.7 Å². The molecule has 1 rings (SSSR count). The minimum atomic E-state index is -0.0594. The van der Waals surface area contributed by atoms with Gasteiger partial charge in [0.1, 0.15) is 0 Å². The first-order valence-corrected chi connectivity index (χ1v) is 6.63. The zero-order chi connectivity index (χ0) is 12.8. The maximum absolute atomic E-state index is 12.2. The first-order valence-electron chi connectivity index (χ1n) is 6.63. The highest BCUT2D eigenvalue weighted by molar-refractivity contribution is 5.81. The number of likely N-dealkylation sites (tertiary alicyclic amines) is 1. The zero-order valence-corrected chi connectivity index (χ0v) is 11.2. The van der Waals surface area contributed by atoms with Crippen LogP contribution in [0.2, 0.25) is 0 Å². The van der Waals surface area contributed by atoms with Gasteiger partial charge < -0.3 is 10.2 Å². The molecule has 1 saturated heterocycles. The summed E-state index contributed by atoms with van der Waals surface area (Å²) < 4.78 is 0. The molecular formula is C13H24N2O2. The third-order valence-electron chi connectivity index (χ3n) is 3.44. The maximum Gasteiger partial charge on any atom is 0.227 e. The van der Waals surface area contributed by atoms with Crippen LogP contribution in [-0.2, 0) is 9.59 Å². The summed E-state index contributed by atoms with van der Waals surface area (Å²) in [5, 5.41) is 2.81. The highest BCUT2D eigenvalue weighted by Crippen LogP contribution is 2.18. The predicted molar refractivity (Wildman–Crippen MR) is 67.4 cm³/mol. The van der Waals surface area contributed by atoms with Crippen molar-refractivity contribution in [1.82, 2.24) is 10.2 Å². The molecule has 0 aliphatic carbocycles. The smallest absolute Gasteiger partial charge is 0.227 e. The Kier molecular flexibility index (Phi) is 5.45. The van der Waals surface area contributed by atoms with Crippen molar-refractivity contribution in [2.45, 2.75) is 40.0 Å². The maximum atomic E-state index is 12.2. The van der Waals surface area contributed by atoms with Crippen molar-refractivity contribution < 1.29 is 9.59 Å². The Bertz CT molecular complexity index is 279. The average molecular weight is 240 g/mol. The van der Waals surface area contributed by atoms with Gasteiger partial charge in [-0.3, -0.25) is 9.59 Å². The zero-order valence-electron chi connectivity index (χ0n) is 11.2. The minimum absolute atomic E-state index is 0.0195. The van der Waals surface area contributed by atoms with Gasteiger partial charge in [0.05, 0.1) is 5.92 Å². The summed E-state index contributed by atoms with van der Waals surface area (Å²) >= 11 is 0. The predicted octanol–water partition coefficient (Wildman–Crippen LogP) is 1.41. The van der Waals surface area contributed by atoms with Crippen LogP contribution >= 0.6 is 0 Å². The van der Waals surface area contributed by atoms with Gasteiger partial charge in [0, 0.05) is 26.1 Å². The lowest BCUT2D eigenvalue weighted by atomic mass is 10.0. The Morgan fingerprint density at radius 2 is 2.12 bits per heavy atom. The number of carbonyl (C=O) groups excluding carboxylic acids is 2. The topological polar surface area (TPSA) is 49.4 Å². The van der Waals surface area contributed by atoms with E-state index in [0.29, 0.717) is 18.9 Å². The molecule has 0 spiro atoms. The lowest BCUT2D eigenvalue weighted by molar-refractivity contribution is -0.134. The van der Waals surface area contributed by atoms with E-state index < -0.39 is 0 Å². The Balaban J connectivity index is 2.43. The van der Waals surface area contributed by atoms with Crippen LogP contribution in [0.25, 0.3) is 0 Å². The summed E-state index contributed by atoms with van der Waals surface area (Å²) in [4.78, 5) is 25.3. The summed E-state index contributed by atoms with van der Waals surface area (Å²) in [6, 6.07) is 0. The van der Waals surface area contributed by atoms with Crippen molar-refractivity contribution in [1.29, 1.82) is 0 Å². The van der Waals surface area contributed by atoms with E-state index in [0.717, 1.165) is 25.9 Å². The molecule has 2 amide bonds. The lowest BCUT2D eigenvalue weighted by Crippen LogP contribution is -2.40. The van der Waals surface area contributed by atoms with Crippen LogP contribution in [0, 0.1) is 11.8 Å². The molecule has 4 nitrogen and oxygen atoms in total. The van der Waals surface area contributed by atoms with Crippen molar-refractivity contribution in [3.8, 4) is 0 Å².